The predicted octanol–water partition coefficient (Wildman–Crippen LogP) is 1.30. The van der Waals surface area contributed by atoms with Crippen molar-refractivity contribution in [3.8, 4) is 6.07 Å². The molecule has 5 nitrogen and oxygen atoms in total. The largest absolute Gasteiger partial charge is 0.469 e. The summed E-state index contributed by atoms with van der Waals surface area (Å²) in [6.07, 6.45) is 0.498. The lowest BCUT2D eigenvalue weighted by atomic mass is 10.1. The highest BCUT2D eigenvalue weighted by Crippen LogP contribution is 2.12. The second-order valence-corrected chi connectivity index (χ2v) is 2.89. The van der Waals surface area contributed by atoms with Crippen molar-refractivity contribution >= 4 is 11.9 Å². The second kappa shape index (κ2) is 6.60. The fourth-order valence-electron chi connectivity index (χ4n) is 0.854. The van der Waals surface area contributed by atoms with Crippen LogP contribution in [0.5, 0.6) is 0 Å². The number of nitrogens with zero attached hydrogens (tertiary/aromatic N) is 1. The zero-order chi connectivity index (χ0) is 11.8. The van der Waals surface area contributed by atoms with E-state index in [9.17, 15) is 9.59 Å². The van der Waals surface area contributed by atoms with Crippen molar-refractivity contribution in [3.63, 3.8) is 0 Å². The lowest BCUT2D eigenvalue weighted by Crippen LogP contribution is -2.03. The van der Waals surface area contributed by atoms with Gasteiger partial charge >= 0.3 is 11.9 Å². The van der Waals surface area contributed by atoms with E-state index in [1.54, 1.807) is 13.0 Å². The molecule has 82 valence electrons. The minimum absolute atomic E-state index is 0.0496. The van der Waals surface area contributed by atoms with Gasteiger partial charge in [-0.05, 0) is 18.9 Å². The number of hydrogen-bond acceptors (Lipinski definition) is 5. The molecule has 0 saturated carbocycles. The van der Waals surface area contributed by atoms with Gasteiger partial charge < -0.3 is 9.47 Å². The summed E-state index contributed by atoms with van der Waals surface area (Å²) in [7, 11) is 1.29. The third kappa shape index (κ3) is 5.47. The molecular weight excluding hydrogens is 198 g/mol. The normalized spacial score (nSPS) is 11.1. The second-order valence-electron chi connectivity index (χ2n) is 2.89. The van der Waals surface area contributed by atoms with Crippen molar-refractivity contribution in [2.75, 3.05) is 7.11 Å². The maximum atomic E-state index is 10.8. The van der Waals surface area contributed by atoms with Gasteiger partial charge in [0.25, 0.3) is 0 Å². The van der Waals surface area contributed by atoms with Gasteiger partial charge in [-0.2, -0.15) is 5.26 Å². The minimum Gasteiger partial charge on any atom is -0.469 e. The maximum Gasteiger partial charge on any atom is 0.308 e. The van der Waals surface area contributed by atoms with Crippen LogP contribution in [0.25, 0.3) is 0 Å². The molecular formula is C10H13NO4. The van der Waals surface area contributed by atoms with Gasteiger partial charge in [0.15, 0.2) is 0 Å². The van der Waals surface area contributed by atoms with Crippen LogP contribution in [0.1, 0.15) is 26.7 Å². The molecule has 0 amide bonds. The zero-order valence-electron chi connectivity index (χ0n) is 8.99. The van der Waals surface area contributed by atoms with Gasteiger partial charge in [0.2, 0.25) is 5.76 Å². The molecule has 0 rings (SSSR count). The van der Waals surface area contributed by atoms with Crippen LogP contribution in [0.3, 0.4) is 0 Å². The molecule has 0 aliphatic heterocycles. The molecule has 0 unspecified atom stereocenters. The maximum absolute atomic E-state index is 10.8. The summed E-state index contributed by atoms with van der Waals surface area (Å²) in [6.45, 7) is 2.84. The van der Waals surface area contributed by atoms with Gasteiger partial charge in [-0.1, -0.05) is 0 Å². The number of ether oxygens (including phenoxy) is 2. The molecule has 0 aliphatic rings. The first-order valence-electron chi connectivity index (χ1n) is 4.36. The summed E-state index contributed by atoms with van der Waals surface area (Å²) in [6, 6.07) is 1.76. The SMILES string of the molecule is COC(=O)CCC(C)=C(C#N)OC(C)=O. The van der Waals surface area contributed by atoms with E-state index >= 15 is 0 Å². The van der Waals surface area contributed by atoms with Crippen LogP contribution in [-0.4, -0.2) is 19.0 Å². The van der Waals surface area contributed by atoms with E-state index in [-0.39, 0.29) is 18.1 Å². The summed E-state index contributed by atoms with van der Waals surface area (Å²) < 4.78 is 9.10. The van der Waals surface area contributed by atoms with Gasteiger partial charge in [-0.25, -0.2) is 0 Å². The number of rotatable bonds is 4. The number of carbonyl (C=O) groups excluding carboxylic acids is 2. The zero-order valence-corrected chi connectivity index (χ0v) is 8.99. The highest BCUT2D eigenvalue weighted by Gasteiger charge is 2.08. The smallest absolute Gasteiger partial charge is 0.308 e. The summed E-state index contributed by atoms with van der Waals surface area (Å²) in [5.41, 5.74) is 0.554. The molecule has 0 aliphatic carbocycles. The van der Waals surface area contributed by atoms with Crippen LogP contribution >= 0.6 is 0 Å². The van der Waals surface area contributed by atoms with Crippen molar-refractivity contribution in [3.05, 3.63) is 11.3 Å². The molecule has 0 fully saturated rings. The summed E-state index contributed by atoms with van der Waals surface area (Å²) in [4.78, 5) is 21.4. The van der Waals surface area contributed by atoms with Crippen molar-refractivity contribution in [1.29, 1.82) is 5.26 Å². The van der Waals surface area contributed by atoms with E-state index in [1.165, 1.54) is 14.0 Å². The van der Waals surface area contributed by atoms with E-state index in [0.717, 1.165) is 0 Å². The number of allylic oxidation sites excluding steroid dienone is 2. The van der Waals surface area contributed by atoms with Gasteiger partial charge in [-0.15, -0.1) is 0 Å². The highest BCUT2D eigenvalue weighted by molar-refractivity contribution is 5.70. The van der Waals surface area contributed by atoms with E-state index in [1.807, 2.05) is 0 Å². The Bertz CT molecular complexity index is 325. The van der Waals surface area contributed by atoms with Crippen LogP contribution < -0.4 is 0 Å². The number of carbonyl (C=O) groups is 2. The predicted molar refractivity (Wildman–Crippen MR) is 51.3 cm³/mol. The van der Waals surface area contributed by atoms with Crippen LogP contribution in [0.2, 0.25) is 0 Å². The Morgan fingerprint density at radius 3 is 2.27 bits per heavy atom. The van der Waals surface area contributed by atoms with Crippen molar-refractivity contribution in [2.24, 2.45) is 0 Å². The Labute approximate surface area is 88.3 Å². The molecule has 0 spiro atoms. The first kappa shape index (κ1) is 13.2. The van der Waals surface area contributed by atoms with Crippen molar-refractivity contribution in [1.82, 2.24) is 0 Å². The van der Waals surface area contributed by atoms with Gasteiger partial charge in [0.1, 0.15) is 6.07 Å². The molecule has 0 aromatic rings. The molecule has 0 radical (unpaired) electrons. The molecule has 0 aromatic carbocycles. The Morgan fingerprint density at radius 2 is 1.87 bits per heavy atom. The van der Waals surface area contributed by atoms with E-state index in [2.05, 4.69) is 9.47 Å². The lowest BCUT2D eigenvalue weighted by Gasteiger charge is -2.04. The molecule has 5 heteroatoms. The number of methoxy groups -OCH3 is 1. The monoisotopic (exact) mass is 211 g/mol. The molecule has 0 N–H and O–H groups in total. The average Bonchev–Trinajstić information content (AvgIpc) is 2.21. The first-order chi connectivity index (χ1) is 7.01. The van der Waals surface area contributed by atoms with Crippen LogP contribution in [-0.2, 0) is 19.1 Å². The third-order valence-electron chi connectivity index (χ3n) is 1.67. The fraction of sp³-hybridized carbons (Fsp3) is 0.500. The Kier molecular flexibility index (Phi) is 5.79. The molecule has 15 heavy (non-hydrogen) atoms. The molecule has 0 saturated heterocycles. The standard InChI is InChI=1S/C10H13NO4/c1-7(4-5-10(13)14-3)9(6-11)15-8(2)12/h4-5H2,1-3H3. The number of hydrogen-bond donors (Lipinski definition) is 0. The number of nitriles is 1. The minimum atomic E-state index is -0.552. The van der Waals surface area contributed by atoms with Gasteiger partial charge in [0.05, 0.1) is 7.11 Å². The molecule has 0 heterocycles. The quantitative estimate of drug-likeness (QED) is 0.398. The van der Waals surface area contributed by atoms with E-state index in [0.29, 0.717) is 12.0 Å². The molecule has 0 atom stereocenters. The Hall–Kier alpha value is -1.83. The lowest BCUT2D eigenvalue weighted by molar-refractivity contribution is -0.140. The van der Waals surface area contributed by atoms with E-state index < -0.39 is 5.97 Å². The summed E-state index contributed by atoms with van der Waals surface area (Å²) in [5, 5.41) is 8.67. The topological polar surface area (TPSA) is 76.4 Å². The Morgan fingerprint density at radius 1 is 1.27 bits per heavy atom. The van der Waals surface area contributed by atoms with Gasteiger partial charge in [-0.3, -0.25) is 9.59 Å². The third-order valence-corrected chi connectivity index (χ3v) is 1.67. The summed E-state index contributed by atoms with van der Waals surface area (Å²) in [5.74, 6) is -0.968. The van der Waals surface area contributed by atoms with Gasteiger partial charge in [0, 0.05) is 13.3 Å². The summed E-state index contributed by atoms with van der Waals surface area (Å²) >= 11 is 0. The molecule has 0 bridgehead atoms. The van der Waals surface area contributed by atoms with Crippen LogP contribution in [0, 0.1) is 11.3 Å². The van der Waals surface area contributed by atoms with Crippen molar-refractivity contribution < 1.29 is 19.1 Å². The van der Waals surface area contributed by atoms with E-state index in [4.69, 9.17) is 5.26 Å². The van der Waals surface area contributed by atoms with Crippen LogP contribution in [0.4, 0.5) is 0 Å². The first-order valence-corrected chi connectivity index (χ1v) is 4.36. The fourth-order valence-corrected chi connectivity index (χ4v) is 0.854. The van der Waals surface area contributed by atoms with Crippen molar-refractivity contribution in [2.45, 2.75) is 26.7 Å². The van der Waals surface area contributed by atoms with Crippen LogP contribution in [0.15, 0.2) is 11.3 Å². The molecule has 0 aromatic heterocycles. The number of esters is 2. The average molecular weight is 211 g/mol. The highest BCUT2D eigenvalue weighted by atomic mass is 16.5. The Balaban J connectivity index is 4.40.